The average Bonchev–Trinajstić information content (AvgIpc) is 2.76. The van der Waals surface area contributed by atoms with Gasteiger partial charge < -0.3 is 9.47 Å². The molecule has 0 spiro atoms. The van der Waals surface area contributed by atoms with Crippen LogP contribution in [0.25, 0.3) is 0 Å². The van der Waals surface area contributed by atoms with E-state index in [-0.39, 0.29) is 0 Å². The predicted octanol–water partition coefficient (Wildman–Crippen LogP) is 8.07. The van der Waals surface area contributed by atoms with Crippen molar-refractivity contribution < 1.29 is 88.8 Å². The summed E-state index contributed by atoms with van der Waals surface area (Å²) in [5.74, 6) is -12.4. The van der Waals surface area contributed by atoms with Crippen LogP contribution in [-0.2, 0) is 14.2 Å². The first-order valence-corrected chi connectivity index (χ1v) is 18.3. The van der Waals surface area contributed by atoms with Gasteiger partial charge in [0.05, 0.1) is 16.9 Å². The molecule has 0 heterocycles. The number of halogens is 17. The third-order valence-corrected chi connectivity index (χ3v) is 8.63. The quantitative estimate of drug-likeness (QED) is 0.147. The SMILES string of the molecule is CCOCC(F)(OC(OCC(F)(F)F)(C(F)(F)F)C(F)(F)F)C(F)(F)F.C[SiH](C)c1ccc([Si](C)(C)C)cc1.FC(F)(F)F. The lowest BCUT2D eigenvalue weighted by atomic mass is 10.2. The van der Waals surface area contributed by atoms with E-state index in [0.29, 0.717) is 0 Å². The fourth-order valence-corrected chi connectivity index (χ4v) is 4.78. The van der Waals surface area contributed by atoms with Gasteiger partial charge in [-0.2, -0.15) is 57.1 Å². The lowest BCUT2D eigenvalue weighted by molar-refractivity contribution is -0.526. The Hall–Kier alpha value is -1.66. The Labute approximate surface area is 243 Å². The van der Waals surface area contributed by atoms with Crippen LogP contribution in [0.4, 0.5) is 74.6 Å². The zero-order valence-corrected chi connectivity index (χ0v) is 25.8. The van der Waals surface area contributed by atoms with Crippen LogP contribution in [0.2, 0.25) is 32.7 Å². The summed E-state index contributed by atoms with van der Waals surface area (Å²) in [5, 5.41) is 3.16. The Morgan fingerprint density at radius 3 is 1.27 bits per heavy atom. The molecule has 0 aliphatic heterocycles. The van der Waals surface area contributed by atoms with Gasteiger partial charge in [-0.15, -0.1) is 17.6 Å². The van der Waals surface area contributed by atoms with E-state index in [1.54, 1.807) is 10.4 Å². The summed E-state index contributed by atoms with van der Waals surface area (Å²) in [5.41, 5.74) is 0. The zero-order chi connectivity index (χ0) is 35.8. The van der Waals surface area contributed by atoms with Gasteiger partial charge in [-0.25, -0.2) is 0 Å². The van der Waals surface area contributed by atoms with Gasteiger partial charge in [-0.1, -0.05) is 67.4 Å². The normalized spacial score (nSPS) is 15.2. The molecule has 0 aliphatic carbocycles. The first-order chi connectivity index (χ1) is 19.1. The highest BCUT2D eigenvalue weighted by molar-refractivity contribution is 6.88. The van der Waals surface area contributed by atoms with Crippen LogP contribution < -0.4 is 10.4 Å². The number of rotatable bonds is 9. The monoisotopic (exact) mass is 720 g/mol. The van der Waals surface area contributed by atoms with Crippen molar-refractivity contribution in [1.29, 1.82) is 0 Å². The topological polar surface area (TPSA) is 27.7 Å². The van der Waals surface area contributed by atoms with Crippen molar-refractivity contribution in [2.45, 2.75) is 82.4 Å². The molecule has 1 rings (SSSR count). The fraction of sp³-hybridized carbons (Fsp3) is 0.727. The Morgan fingerprint density at radius 2 is 1.02 bits per heavy atom. The molecule has 0 amide bonds. The van der Waals surface area contributed by atoms with Crippen molar-refractivity contribution in [1.82, 2.24) is 0 Å². The van der Waals surface area contributed by atoms with Gasteiger partial charge in [-0.3, -0.25) is 4.74 Å². The number of hydrogen-bond acceptors (Lipinski definition) is 3. The van der Waals surface area contributed by atoms with Crippen LogP contribution in [0.1, 0.15) is 6.92 Å². The van der Waals surface area contributed by atoms with Crippen LogP contribution in [0, 0.1) is 0 Å². The predicted molar refractivity (Wildman–Crippen MR) is 129 cm³/mol. The molecule has 0 saturated heterocycles. The van der Waals surface area contributed by atoms with Gasteiger partial charge in [0.25, 0.3) is 0 Å². The van der Waals surface area contributed by atoms with E-state index >= 15 is 0 Å². The molecule has 0 N–H and O–H groups in total. The van der Waals surface area contributed by atoms with Crippen molar-refractivity contribution in [2.75, 3.05) is 19.8 Å². The number of benzene rings is 1. The smallest absolute Gasteiger partial charge is 0.375 e. The second-order valence-corrected chi connectivity index (χ2v) is 18.0. The van der Waals surface area contributed by atoms with E-state index in [2.05, 4.69) is 71.2 Å². The van der Waals surface area contributed by atoms with Gasteiger partial charge in [0.1, 0.15) is 13.2 Å². The molecule has 0 radical (unpaired) electrons. The maximum atomic E-state index is 13.8. The number of ether oxygens (including phenoxy) is 3. The highest BCUT2D eigenvalue weighted by Gasteiger charge is 2.80. The van der Waals surface area contributed by atoms with Crippen LogP contribution in [-0.4, -0.2) is 79.5 Å². The lowest BCUT2D eigenvalue weighted by Crippen LogP contribution is -2.67. The van der Waals surface area contributed by atoms with E-state index in [4.69, 9.17) is 0 Å². The standard InChI is InChI=1S/C11H20Si2.C10H9F13O3.CF4/c1-12(2)10-6-8-11(9-7-10)13(3,4)5;1-2-24-3-5(11,8(15,16)17)26-7(9(18,19)20,10(21,22)23)25-4-6(12,13)14;2-1(3,4)5/h6-9,12H,1-5H3;2-4H2,1H3;. The van der Waals surface area contributed by atoms with E-state index in [0.717, 1.165) is 6.92 Å². The van der Waals surface area contributed by atoms with Crippen molar-refractivity contribution >= 4 is 27.2 Å². The van der Waals surface area contributed by atoms with Gasteiger partial charge in [0.2, 0.25) is 0 Å². The molecule has 1 aromatic carbocycles. The second-order valence-electron chi connectivity index (χ2n) is 9.94. The molecule has 1 aromatic rings. The van der Waals surface area contributed by atoms with Gasteiger partial charge >= 0.3 is 42.8 Å². The van der Waals surface area contributed by atoms with Crippen molar-refractivity contribution in [3.63, 3.8) is 0 Å². The number of hydrogen-bond donors (Lipinski definition) is 0. The van der Waals surface area contributed by atoms with E-state index in [1.807, 2.05) is 0 Å². The van der Waals surface area contributed by atoms with E-state index < -0.39 is 79.5 Å². The largest absolute Gasteiger partial charge is 0.559 e. The summed E-state index contributed by atoms with van der Waals surface area (Å²) < 4.78 is 212. The van der Waals surface area contributed by atoms with Crippen LogP contribution >= 0.6 is 0 Å². The summed E-state index contributed by atoms with van der Waals surface area (Å²) >= 11 is 0. The zero-order valence-electron chi connectivity index (χ0n) is 23.7. The maximum Gasteiger partial charge on any atom is 0.559 e. The summed E-state index contributed by atoms with van der Waals surface area (Å²) in [6, 6.07) is 9.36. The van der Waals surface area contributed by atoms with E-state index in [9.17, 15) is 74.6 Å². The van der Waals surface area contributed by atoms with Crippen LogP contribution in [0.3, 0.4) is 0 Å². The Morgan fingerprint density at radius 1 is 0.636 bits per heavy atom. The molecule has 1 unspecified atom stereocenters. The van der Waals surface area contributed by atoms with Gasteiger partial charge in [0, 0.05) is 6.61 Å². The highest BCUT2D eigenvalue weighted by atomic mass is 28.3. The molecule has 0 aromatic heterocycles. The number of alkyl halides is 17. The molecule has 1 atom stereocenters. The van der Waals surface area contributed by atoms with Crippen molar-refractivity contribution in [3.05, 3.63) is 24.3 Å². The van der Waals surface area contributed by atoms with Crippen LogP contribution in [0.15, 0.2) is 24.3 Å². The molecule has 22 heteroatoms. The minimum atomic E-state index is -7.08. The summed E-state index contributed by atoms with van der Waals surface area (Å²) in [4.78, 5) is 0. The van der Waals surface area contributed by atoms with Gasteiger partial charge in [-0.05, 0) is 6.92 Å². The molecule has 0 aliphatic rings. The maximum absolute atomic E-state index is 13.8. The second kappa shape index (κ2) is 15.8. The van der Waals surface area contributed by atoms with Gasteiger partial charge in [0.15, 0.2) is 0 Å². The first-order valence-electron chi connectivity index (χ1n) is 11.9. The minimum Gasteiger partial charge on any atom is -0.375 e. The molecule has 0 bridgehead atoms. The van der Waals surface area contributed by atoms with Crippen molar-refractivity contribution in [2.24, 2.45) is 0 Å². The fourth-order valence-electron chi connectivity index (χ4n) is 2.65. The molecule has 0 fully saturated rings. The summed E-state index contributed by atoms with van der Waals surface area (Å²) in [6.45, 7) is 6.17. The lowest BCUT2D eigenvalue weighted by Gasteiger charge is -2.41. The Bertz CT molecular complexity index is 944. The minimum absolute atomic E-state index is 0.588. The Balaban J connectivity index is 0. The van der Waals surface area contributed by atoms with Crippen molar-refractivity contribution in [3.8, 4) is 0 Å². The van der Waals surface area contributed by atoms with E-state index in [1.165, 1.54) is 0 Å². The molecule has 0 saturated carbocycles. The highest BCUT2D eigenvalue weighted by Crippen LogP contribution is 2.52. The van der Waals surface area contributed by atoms with Crippen LogP contribution in [0.5, 0.6) is 0 Å². The average molecular weight is 721 g/mol. The first kappa shape index (κ1) is 44.5. The molecule has 262 valence electrons. The molecule has 3 nitrogen and oxygen atoms in total. The Kier molecular flexibility index (Phi) is 15.9. The molecular formula is C22H29F17O3Si2. The summed E-state index contributed by atoms with van der Waals surface area (Å²) in [7, 11) is -1.66. The molecule has 44 heavy (non-hydrogen) atoms. The third-order valence-electron chi connectivity index (χ3n) is 4.85. The molecular weight excluding hydrogens is 691 g/mol. The third kappa shape index (κ3) is 15.6. The summed E-state index contributed by atoms with van der Waals surface area (Å²) in [6.07, 6.45) is -32.1.